The number of piperazine rings is 1. The van der Waals surface area contributed by atoms with Gasteiger partial charge in [-0.1, -0.05) is 19.4 Å². The van der Waals surface area contributed by atoms with Gasteiger partial charge in [-0.3, -0.25) is 4.79 Å². The standard InChI is InChI=1S/C20H27N5O/c1-3-4-11-23(2)17-8-9-18(22-16-17)20(26)25-14-12-24(13-15-25)19-7-5-6-10-21-19/h5-10,16H,3-4,11-15H2,1-2H3. The van der Waals surface area contributed by atoms with Crippen LogP contribution < -0.4 is 9.80 Å². The highest BCUT2D eigenvalue weighted by molar-refractivity contribution is 5.92. The zero-order chi connectivity index (χ0) is 18.4. The molecule has 2 aromatic heterocycles. The Kier molecular flexibility index (Phi) is 6.04. The SMILES string of the molecule is CCCCN(C)c1ccc(C(=O)N2CCN(c3ccccn3)CC2)nc1. The number of anilines is 2. The number of carbonyl (C=O) groups is 1. The van der Waals surface area contributed by atoms with E-state index in [9.17, 15) is 4.79 Å². The van der Waals surface area contributed by atoms with Gasteiger partial charge in [0.2, 0.25) is 0 Å². The number of amides is 1. The van der Waals surface area contributed by atoms with Gasteiger partial charge in [-0.15, -0.1) is 0 Å². The van der Waals surface area contributed by atoms with Gasteiger partial charge in [0, 0.05) is 46.0 Å². The van der Waals surface area contributed by atoms with Crippen LogP contribution in [0.25, 0.3) is 0 Å². The molecule has 0 N–H and O–H groups in total. The number of pyridine rings is 2. The van der Waals surface area contributed by atoms with E-state index in [4.69, 9.17) is 0 Å². The molecule has 2 aromatic rings. The Morgan fingerprint density at radius 1 is 1.12 bits per heavy atom. The van der Waals surface area contributed by atoms with Crippen molar-refractivity contribution in [3.05, 3.63) is 48.4 Å². The molecule has 0 spiro atoms. The van der Waals surface area contributed by atoms with E-state index in [1.165, 1.54) is 6.42 Å². The number of nitrogens with zero attached hydrogens (tertiary/aromatic N) is 5. The fourth-order valence-electron chi connectivity index (χ4n) is 3.10. The number of hydrogen-bond acceptors (Lipinski definition) is 5. The van der Waals surface area contributed by atoms with Crippen molar-refractivity contribution < 1.29 is 4.79 Å². The molecule has 0 aliphatic carbocycles. The van der Waals surface area contributed by atoms with Gasteiger partial charge < -0.3 is 14.7 Å². The summed E-state index contributed by atoms with van der Waals surface area (Å²) in [7, 11) is 2.06. The second-order valence-corrected chi connectivity index (χ2v) is 6.64. The van der Waals surface area contributed by atoms with Crippen molar-refractivity contribution in [1.82, 2.24) is 14.9 Å². The first-order chi connectivity index (χ1) is 12.7. The van der Waals surface area contributed by atoms with Crippen molar-refractivity contribution in [2.75, 3.05) is 49.6 Å². The van der Waals surface area contributed by atoms with Crippen LogP contribution >= 0.6 is 0 Å². The summed E-state index contributed by atoms with van der Waals surface area (Å²) in [4.78, 5) is 27.8. The largest absolute Gasteiger partial charge is 0.373 e. The van der Waals surface area contributed by atoms with E-state index >= 15 is 0 Å². The van der Waals surface area contributed by atoms with Crippen LogP contribution in [-0.2, 0) is 0 Å². The quantitative estimate of drug-likeness (QED) is 0.799. The van der Waals surface area contributed by atoms with E-state index in [2.05, 4.69) is 33.7 Å². The van der Waals surface area contributed by atoms with Gasteiger partial charge >= 0.3 is 0 Å². The minimum Gasteiger partial charge on any atom is -0.373 e. The van der Waals surface area contributed by atoms with Crippen LogP contribution in [0.2, 0.25) is 0 Å². The van der Waals surface area contributed by atoms with Gasteiger partial charge in [-0.05, 0) is 30.7 Å². The minimum absolute atomic E-state index is 0.00781. The molecule has 3 heterocycles. The Bertz CT molecular complexity index is 696. The molecule has 0 radical (unpaired) electrons. The zero-order valence-corrected chi connectivity index (χ0v) is 15.6. The average molecular weight is 353 g/mol. The third-order valence-corrected chi connectivity index (χ3v) is 4.79. The highest BCUT2D eigenvalue weighted by Gasteiger charge is 2.23. The van der Waals surface area contributed by atoms with Crippen LogP contribution in [0.3, 0.4) is 0 Å². The Balaban J connectivity index is 1.56. The lowest BCUT2D eigenvalue weighted by Crippen LogP contribution is -2.49. The maximum absolute atomic E-state index is 12.7. The van der Waals surface area contributed by atoms with E-state index < -0.39 is 0 Å². The number of carbonyl (C=O) groups excluding carboxylic acids is 1. The summed E-state index contributed by atoms with van der Waals surface area (Å²) in [6, 6.07) is 9.74. The number of unbranched alkanes of at least 4 members (excludes halogenated alkanes) is 1. The normalized spacial score (nSPS) is 14.4. The Hall–Kier alpha value is -2.63. The molecule has 6 nitrogen and oxygen atoms in total. The first kappa shape index (κ1) is 18.2. The van der Waals surface area contributed by atoms with Crippen molar-refractivity contribution in [3.63, 3.8) is 0 Å². The van der Waals surface area contributed by atoms with Crippen LogP contribution in [0.15, 0.2) is 42.7 Å². The summed E-state index contributed by atoms with van der Waals surface area (Å²) in [6.45, 7) is 6.15. The van der Waals surface area contributed by atoms with Crippen molar-refractivity contribution in [2.24, 2.45) is 0 Å². The molecule has 0 unspecified atom stereocenters. The lowest BCUT2D eigenvalue weighted by molar-refractivity contribution is 0.0740. The second kappa shape index (κ2) is 8.65. The summed E-state index contributed by atoms with van der Waals surface area (Å²) < 4.78 is 0. The molecule has 1 amide bonds. The molecule has 26 heavy (non-hydrogen) atoms. The summed E-state index contributed by atoms with van der Waals surface area (Å²) in [5.41, 5.74) is 1.57. The van der Waals surface area contributed by atoms with Gasteiger partial charge in [0.25, 0.3) is 5.91 Å². The van der Waals surface area contributed by atoms with Crippen LogP contribution in [-0.4, -0.2) is 60.5 Å². The third-order valence-electron chi connectivity index (χ3n) is 4.79. The van der Waals surface area contributed by atoms with E-state index in [1.807, 2.05) is 35.2 Å². The Labute approximate surface area is 155 Å². The molecular formula is C20H27N5O. The second-order valence-electron chi connectivity index (χ2n) is 6.64. The van der Waals surface area contributed by atoms with Crippen molar-refractivity contribution >= 4 is 17.4 Å². The van der Waals surface area contributed by atoms with Crippen LogP contribution in [0.4, 0.5) is 11.5 Å². The number of aromatic nitrogens is 2. The molecule has 3 rings (SSSR count). The molecule has 6 heteroatoms. The molecular weight excluding hydrogens is 326 g/mol. The average Bonchev–Trinajstić information content (AvgIpc) is 2.72. The first-order valence-electron chi connectivity index (χ1n) is 9.31. The number of rotatable bonds is 6. The topological polar surface area (TPSA) is 52.6 Å². The maximum atomic E-state index is 12.7. The van der Waals surface area contributed by atoms with Crippen molar-refractivity contribution in [3.8, 4) is 0 Å². The highest BCUT2D eigenvalue weighted by atomic mass is 16.2. The van der Waals surface area contributed by atoms with Gasteiger partial charge in [-0.25, -0.2) is 9.97 Å². The van der Waals surface area contributed by atoms with E-state index in [0.717, 1.165) is 37.6 Å². The lowest BCUT2D eigenvalue weighted by atomic mass is 10.2. The molecule has 1 fully saturated rings. The van der Waals surface area contributed by atoms with Gasteiger partial charge in [0.15, 0.2) is 0 Å². The monoisotopic (exact) mass is 353 g/mol. The molecule has 1 saturated heterocycles. The van der Waals surface area contributed by atoms with Crippen molar-refractivity contribution in [2.45, 2.75) is 19.8 Å². The van der Waals surface area contributed by atoms with Gasteiger partial charge in [0.05, 0.1) is 11.9 Å². The first-order valence-corrected chi connectivity index (χ1v) is 9.31. The van der Waals surface area contributed by atoms with E-state index in [-0.39, 0.29) is 5.91 Å². The Morgan fingerprint density at radius 2 is 1.92 bits per heavy atom. The summed E-state index contributed by atoms with van der Waals surface area (Å²) in [6.07, 6.45) is 5.92. The third kappa shape index (κ3) is 4.31. The molecule has 0 bridgehead atoms. The summed E-state index contributed by atoms with van der Waals surface area (Å²) in [5, 5.41) is 0. The van der Waals surface area contributed by atoms with Crippen LogP contribution in [0, 0.1) is 0 Å². The van der Waals surface area contributed by atoms with E-state index in [1.54, 1.807) is 12.4 Å². The Morgan fingerprint density at radius 3 is 2.54 bits per heavy atom. The predicted molar refractivity (Wildman–Crippen MR) is 105 cm³/mol. The van der Waals surface area contributed by atoms with Crippen LogP contribution in [0.1, 0.15) is 30.3 Å². The lowest BCUT2D eigenvalue weighted by Gasteiger charge is -2.35. The maximum Gasteiger partial charge on any atom is 0.272 e. The van der Waals surface area contributed by atoms with Crippen molar-refractivity contribution in [1.29, 1.82) is 0 Å². The van der Waals surface area contributed by atoms with Gasteiger partial charge in [0.1, 0.15) is 11.5 Å². The highest BCUT2D eigenvalue weighted by Crippen LogP contribution is 2.16. The minimum atomic E-state index is 0.00781. The molecule has 1 aliphatic rings. The van der Waals surface area contributed by atoms with Gasteiger partial charge in [-0.2, -0.15) is 0 Å². The molecule has 1 aliphatic heterocycles. The van der Waals surface area contributed by atoms with E-state index in [0.29, 0.717) is 18.8 Å². The summed E-state index contributed by atoms with van der Waals surface area (Å²) >= 11 is 0. The molecule has 0 saturated carbocycles. The predicted octanol–water partition coefficient (Wildman–Crippen LogP) is 2.68. The zero-order valence-electron chi connectivity index (χ0n) is 15.6. The smallest absolute Gasteiger partial charge is 0.272 e. The fourth-order valence-corrected chi connectivity index (χ4v) is 3.10. The molecule has 0 atom stereocenters. The number of hydrogen-bond donors (Lipinski definition) is 0. The van der Waals surface area contributed by atoms with Crippen LogP contribution in [0.5, 0.6) is 0 Å². The molecule has 138 valence electrons. The summed E-state index contributed by atoms with van der Waals surface area (Å²) in [5.74, 6) is 0.977. The molecule has 0 aromatic carbocycles. The fraction of sp³-hybridized carbons (Fsp3) is 0.450.